The third-order valence-electron chi connectivity index (χ3n) is 3.39. The van der Waals surface area contributed by atoms with E-state index in [0.29, 0.717) is 0 Å². The van der Waals surface area contributed by atoms with Gasteiger partial charge in [-0.3, -0.25) is 0 Å². The van der Waals surface area contributed by atoms with E-state index < -0.39 is 0 Å². The molecule has 3 N–H and O–H groups in total. The van der Waals surface area contributed by atoms with Gasteiger partial charge in [0.05, 0.1) is 0 Å². The Labute approximate surface area is 130 Å². The SMILES string of the molecule is Cc1cccc(NC(=O)Nc2cccc3c2CCN3)c1.Cl. The average molecular weight is 304 g/mol. The van der Waals surface area contributed by atoms with Crippen molar-refractivity contribution in [2.75, 3.05) is 22.5 Å². The van der Waals surface area contributed by atoms with Crippen LogP contribution in [0.2, 0.25) is 0 Å². The quantitative estimate of drug-likeness (QED) is 0.784. The molecule has 1 aliphatic rings. The molecule has 0 bridgehead atoms. The lowest BCUT2D eigenvalue weighted by Crippen LogP contribution is -2.20. The molecule has 0 aromatic heterocycles. The number of nitrogens with one attached hydrogen (secondary N) is 3. The van der Waals surface area contributed by atoms with Crippen LogP contribution in [-0.2, 0) is 6.42 Å². The lowest BCUT2D eigenvalue weighted by molar-refractivity contribution is 0.262. The van der Waals surface area contributed by atoms with E-state index in [4.69, 9.17) is 0 Å². The number of benzene rings is 2. The minimum absolute atomic E-state index is 0. The highest BCUT2D eigenvalue weighted by atomic mass is 35.5. The van der Waals surface area contributed by atoms with Gasteiger partial charge in [-0.25, -0.2) is 4.79 Å². The molecular weight excluding hydrogens is 286 g/mol. The second kappa shape index (κ2) is 6.50. The fourth-order valence-corrected chi connectivity index (χ4v) is 2.47. The standard InChI is InChI=1S/C16H17N3O.ClH/c1-11-4-2-5-12(10-11)18-16(20)19-15-7-3-6-14-13(15)8-9-17-14;/h2-7,10,17H,8-9H2,1H3,(H2,18,19,20);1H. The molecule has 4 nitrogen and oxygen atoms in total. The lowest BCUT2D eigenvalue weighted by Gasteiger charge is -2.11. The number of anilines is 3. The molecule has 1 aliphatic heterocycles. The van der Waals surface area contributed by atoms with Crippen LogP contribution >= 0.6 is 12.4 Å². The van der Waals surface area contributed by atoms with Crippen molar-refractivity contribution in [2.45, 2.75) is 13.3 Å². The fourth-order valence-electron chi connectivity index (χ4n) is 2.47. The highest BCUT2D eigenvalue weighted by molar-refractivity contribution is 6.00. The molecule has 5 heteroatoms. The van der Waals surface area contributed by atoms with Crippen LogP contribution in [0.25, 0.3) is 0 Å². The van der Waals surface area contributed by atoms with Crippen LogP contribution in [0.4, 0.5) is 21.9 Å². The zero-order valence-electron chi connectivity index (χ0n) is 11.8. The molecule has 0 saturated carbocycles. The first-order valence-electron chi connectivity index (χ1n) is 6.73. The number of hydrogen-bond donors (Lipinski definition) is 3. The molecule has 1 heterocycles. The van der Waals surface area contributed by atoms with Gasteiger partial charge < -0.3 is 16.0 Å². The summed E-state index contributed by atoms with van der Waals surface area (Å²) in [6, 6.07) is 13.4. The third kappa shape index (κ3) is 3.47. The summed E-state index contributed by atoms with van der Waals surface area (Å²) in [5.41, 5.74) is 5.07. The largest absolute Gasteiger partial charge is 0.384 e. The summed E-state index contributed by atoms with van der Waals surface area (Å²) in [7, 11) is 0. The molecule has 21 heavy (non-hydrogen) atoms. The van der Waals surface area contributed by atoms with Crippen molar-refractivity contribution in [1.82, 2.24) is 0 Å². The maximum absolute atomic E-state index is 12.1. The molecule has 0 spiro atoms. The van der Waals surface area contributed by atoms with Crippen molar-refractivity contribution in [1.29, 1.82) is 0 Å². The van der Waals surface area contributed by atoms with Gasteiger partial charge in [0.1, 0.15) is 0 Å². The van der Waals surface area contributed by atoms with Crippen LogP contribution in [-0.4, -0.2) is 12.6 Å². The summed E-state index contributed by atoms with van der Waals surface area (Å²) in [4.78, 5) is 12.1. The van der Waals surface area contributed by atoms with E-state index in [1.54, 1.807) is 0 Å². The molecule has 0 saturated heterocycles. The Hall–Kier alpha value is -2.20. The van der Waals surface area contributed by atoms with Crippen LogP contribution in [0, 0.1) is 6.92 Å². The predicted octanol–water partition coefficient (Wildman–Crippen LogP) is 4.03. The molecule has 0 fully saturated rings. The number of carbonyl (C=O) groups is 1. The Morgan fingerprint density at radius 3 is 2.76 bits per heavy atom. The molecule has 0 atom stereocenters. The molecule has 0 unspecified atom stereocenters. The molecular formula is C16H18ClN3O. The zero-order valence-corrected chi connectivity index (χ0v) is 12.6. The topological polar surface area (TPSA) is 53.2 Å². The fraction of sp³-hybridized carbons (Fsp3) is 0.188. The molecule has 2 amide bonds. The first-order chi connectivity index (χ1) is 9.72. The maximum atomic E-state index is 12.1. The van der Waals surface area contributed by atoms with E-state index in [1.165, 1.54) is 5.56 Å². The highest BCUT2D eigenvalue weighted by Crippen LogP contribution is 2.29. The number of aryl methyl sites for hydroxylation is 1. The van der Waals surface area contributed by atoms with Gasteiger partial charge in [-0.15, -0.1) is 12.4 Å². The number of fused-ring (bicyclic) bond motifs is 1. The second-order valence-electron chi connectivity index (χ2n) is 4.96. The second-order valence-corrected chi connectivity index (χ2v) is 4.96. The summed E-state index contributed by atoms with van der Waals surface area (Å²) in [6.45, 7) is 2.92. The first-order valence-corrected chi connectivity index (χ1v) is 6.73. The molecule has 0 aliphatic carbocycles. The number of rotatable bonds is 2. The van der Waals surface area contributed by atoms with Gasteiger partial charge in [-0.05, 0) is 43.2 Å². The van der Waals surface area contributed by atoms with Crippen LogP contribution in [0.5, 0.6) is 0 Å². The minimum Gasteiger partial charge on any atom is -0.384 e. The molecule has 2 aromatic carbocycles. The smallest absolute Gasteiger partial charge is 0.323 e. The van der Waals surface area contributed by atoms with Crippen LogP contribution in [0.3, 0.4) is 0 Å². The number of carbonyl (C=O) groups excluding carboxylic acids is 1. The Morgan fingerprint density at radius 2 is 1.95 bits per heavy atom. The minimum atomic E-state index is -0.212. The van der Waals surface area contributed by atoms with Crippen LogP contribution in [0.1, 0.15) is 11.1 Å². The highest BCUT2D eigenvalue weighted by Gasteiger charge is 2.15. The first kappa shape index (κ1) is 15.2. The van der Waals surface area contributed by atoms with Crippen molar-refractivity contribution >= 4 is 35.5 Å². The number of amides is 2. The van der Waals surface area contributed by atoms with Crippen molar-refractivity contribution in [3.8, 4) is 0 Å². The van der Waals surface area contributed by atoms with Gasteiger partial charge in [-0.1, -0.05) is 18.2 Å². The van der Waals surface area contributed by atoms with Gasteiger partial charge in [0.25, 0.3) is 0 Å². The summed E-state index contributed by atoms with van der Waals surface area (Å²) in [5, 5.41) is 9.07. The summed E-state index contributed by atoms with van der Waals surface area (Å²) >= 11 is 0. The summed E-state index contributed by atoms with van der Waals surface area (Å²) in [5.74, 6) is 0. The molecule has 3 rings (SSSR count). The van der Waals surface area contributed by atoms with E-state index in [9.17, 15) is 4.79 Å². The van der Waals surface area contributed by atoms with Crippen molar-refractivity contribution in [3.63, 3.8) is 0 Å². The summed E-state index contributed by atoms with van der Waals surface area (Å²) in [6.07, 6.45) is 0.941. The van der Waals surface area contributed by atoms with Gasteiger partial charge in [0.2, 0.25) is 0 Å². The lowest BCUT2D eigenvalue weighted by atomic mass is 10.1. The van der Waals surface area contributed by atoms with E-state index in [1.807, 2.05) is 49.4 Å². The van der Waals surface area contributed by atoms with Crippen molar-refractivity contribution in [3.05, 3.63) is 53.6 Å². The van der Waals surface area contributed by atoms with Gasteiger partial charge in [-0.2, -0.15) is 0 Å². The van der Waals surface area contributed by atoms with E-state index in [0.717, 1.165) is 35.6 Å². The number of urea groups is 1. The predicted molar refractivity (Wildman–Crippen MR) is 89.7 cm³/mol. The van der Waals surface area contributed by atoms with Crippen molar-refractivity contribution in [2.24, 2.45) is 0 Å². The Morgan fingerprint density at radius 1 is 1.14 bits per heavy atom. The van der Waals surface area contributed by atoms with Crippen LogP contribution < -0.4 is 16.0 Å². The molecule has 0 radical (unpaired) electrons. The summed E-state index contributed by atoms with van der Waals surface area (Å²) < 4.78 is 0. The van der Waals surface area contributed by atoms with E-state index in [-0.39, 0.29) is 18.4 Å². The monoisotopic (exact) mass is 303 g/mol. The maximum Gasteiger partial charge on any atom is 0.323 e. The molecule has 2 aromatic rings. The Balaban J connectivity index is 0.00000161. The van der Waals surface area contributed by atoms with Gasteiger partial charge in [0.15, 0.2) is 0 Å². The van der Waals surface area contributed by atoms with Crippen LogP contribution in [0.15, 0.2) is 42.5 Å². The normalized spacial score (nSPS) is 11.9. The number of halogens is 1. The Bertz CT molecular complexity index is 658. The average Bonchev–Trinajstić information content (AvgIpc) is 2.88. The molecule has 110 valence electrons. The van der Waals surface area contributed by atoms with Gasteiger partial charge >= 0.3 is 6.03 Å². The van der Waals surface area contributed by atoms with Gasteiger partial charge in [0, 0.05) is 29.2 Å². The Kier molecular flexibility index (Phi) is 4.70. The third-order valence-corrected chi connectivity index (χ3v) is 3.39. The zero-order chi connectivity index (χ0) is 13.9. The number of hydrogen-bond acceptors (Lipinski definition) is 2. The van der Waals surface area contributed by atoms with Crippen molar-refractivity contribution < 1.29 is 4.79 Å². The van der Waals surface area contributed by atoms with E-state index in [2.05, 4.69) is 16.0 Å². The van der Waals surface area contributed by atoms with E-state index >= 15 is 0 Å².